The Morgan fingerprint density at radius 2 is 1.75 bits per heavy atom. The number of hydrogen-bond acceptors (Lipinski definition) is 4. The molecule has 0 saturated heterocycles. The maximum Gasteiger partial charge on any atom is 0.171 e. The Hall–Kier alpha value is 0.200. The number of rotatable bonds is 6. The predicted molar refractivity (Wildman–Crippen MR) is 79.8 cm³/mol. The third-order valence-corrected chi connectivity index (χ3v) is 4.77. The summed E-state index contributed by atoms with van der Waals surface area (Å²) in [5.41, 5.74) is 0.705. The van der Waals surface area contributed by atoms with Crippen LogP contribution in [0.25, 0.3) is 0 Å². The van der Waals surface area contributed by atoms with Crippen LogP contribution in [0.3, 0.4) is 0 Å². The molecular formula is C12H18OS3. The highest BCUT2D eigenvalue weighted by Crippen LogP contribution is 2.35. The molecule has 0 radical (unpaired) electrons. The fourth-order valence-corrected chi connectivity index (χ4v) is 4.23. The van der Waals surface area contributed by atoms with E-state index in [1.807, 2.05) is 12.3 Å². The van der Waals surface area contributed by atoms with Gasteiger partial charge in [-0.05, 0) is 18.8 Å². The van der Waals surface area contributed by atoms with Crippen LogP contribution >= 0.6 is 35.3 Å². The first kappa shape index (κ1) is 14.3. The Labute approximate surface area is 111 Å². The lowest BCUT2D eigenvalue weighted by Gasteiger charge is -2.30. The van der Waals surface area contributed by atoms with Gasteiger partial charge in [0.2, 0.25) is 0 Å². The summed E-state index contributed by atoms with van der Waals surface area (Å²) in [5, 5.41) is 0. The van der Waals surface area contributed by atoms with Gasteiger partial charge in [-0.25, -0.2) is 0 Å². The molecule has 0 aromatic carbocycles. The molecular weight excluding hydrogens is 256 g/mol. The second-order valence-corrected chi connectivity index (χ2v) is 6.43. The van der Waals surface area contributed by atoms with Gasteiger partial charge in [0, 0.05) is 22.8 Å². The zero-order valence-corrected chi connectivity index (χ0v) is 12.4. The van der Waals surface area contributed by atoms with Crippen LogP contribution in [-0.4, -0.2) is 41.8 Å². The molecule has 0 unspecified atom stereocenters. The maximum atomic E-state index is 12.5. The van der Waals surface area contributed by atoms with E-state index < -0.39 is 0 Å². The Bertz CT molecular complexity index is 301. The number of ketones is 1. The number of thioether (sulfide) groups is 3. The largest absolute Gasteiger partial charge is 0.293 e. The average Bonchev–Trinajstić information content (AvgIpc) is 2.26. The molecule has 0 aromatic heterocycles. The van der Waals surface area contributed by atoms with Gasteiger partial charge in [0.15, 0.2) is 5.78 Å². The van der Waals surface area contributed by atoms with Crippen LogP contribution in [0, 0.1) is 5.41 Å². The molecule has 0 heterocycles. The van der Waals surface area contributed by atoms with Crippen molar-refractivity contribution in [2.45, 2.75) is 0 Å². The number of carbonyl (C=O) groups is 1. The molecule has 0 aromatic rings. The average molecular weight is 274 g/mol. The minimum atomic E-state index is -0.265. The van der Waals surface area contributed by atoms with Crippen molar-refractivity contribution in [2.24, 2.45) is 5.41 Å². The number of hydrogen-bond donors (Lipinski definition) is 0. The minimum Gasteiger partial charge on any atom is -0.293 e. The van der Waals surface area contributed by atoms with Crippen molar-refractivity contribution in [3.05, 3.63) is 23.8 Å². The van der Waals surface area contributed by atoms with Crippen LogP contribution in [0.1, 0.15) is 0 Å². The summed E-state index contributed by atoms with van der Waals surface area (Å²) in [5.74, 6) is 2.92. The normalized spacial score (nSPS) is 18.7. The first-order valence-electron chi connectivity index (χ1n) is 5.10. The van der Waals surface area contributed by atoms with Crippen LogP contribution in [0.2, 0.25) is 0 Å². The van der Waals surface area contributed by atoms with Crippen molar-refractivity contribution < 1.29 is 4.79 Å². The molecule has 0 bridgehead atoms. The van der Waals surface area contributed by atoms with Crippen molar-refractivity contribution in [1.82, 2.24) is 0 Å². The second-order valence-electron chi connectivity index (χ2n) is 3.84. The number of Topliss-reactive ketones (excluding diaryl/α,β-unsaturated/α-hetero) is 1. The fraction of sp³-hybridized carbons (Fsp3) is 0.583. The van der Waals surface area contributed by atoms with Gasteiger partial charge in [-0.2, -0.15) is 35.3 Å². The number of allylic oxidation sites excluding steroid dienone is 3. The molecule has 0 N–H and O–H groups in total. The molecule has 0 saturated carbocycles. The Kier molecular flexibility index (Phi) is 6.08. The van der Waals surface area contributed by atoms with Gasteiger partial charge in [0.25, 0.3) is 0 Å². The molecule has 0 aliphatic heterocycles. The van der Waals surface area contributed by atoms with Gasteiger partial charge >= 0.3 is 0 Å². The van der Waals surface area contributed by atoms with Gasteiger partial charge in [-0.3, -0.25) is 4.79 Å². The van der Waals surface area contributed by atoms with Gasteiger partial charge in [-0.1, -0.05) is 18.2 Å². The highest BCUT2D eigenvalue weighted by Gasteiger charge is 2.37. The minimum absolute atomic E-state index is 0.265. The zero-order valence-electron chi connectivity index (χ0n) is 9.99. The summed E-state index contributed by atoms with van der Waals surface area (Å²) in [4.78, 5) is 12.5. The van der Waals surface area contributed by atoms with E-state index in [0.29, 0.717) is 5.78 Å². The van der Waals surface area contributed by atoms with Gasteiger partial charge < -0.3 is 0 Å². The van der Waals surface area contributed by atoms with E-state index in [1.165, 1.54) is 0 Å². The number of carbonyl (C=O) groups excluding carboxylic acids is 1. The van der Waals surface area contributed by atoms with Crippen molar-refractivity contribution in [1.29, 1.82) is 0 Å². The van der Waals surface area contributed by atoms with Crippen LogP contribution in [0.4, 0.5) is 0 Å². The van der Waals surface area contributed by atoms with Gasteiger partial charge in [-0.15, -0.1) is 0 Å². The first-order chi connectivity index (χ1) is 7.70. The highest BCUT2D eigenvalue weighted by atomic mass is 32.2. The molecule has 1 rings (SSSR count). The molecule has 16 heavy (non-hydrogen) atoms. The lowest BCUT2D eigenvalue weighted by molar-refractivity contribution is -0.120. The Balaban J connectivity index is 2.91. The summed E-state index contributed by atoms with van der Waals surface area (Å²) in [6, 6.07) is 0. The molecule has 1 aliphatic carbocycles. The van der Waals surface area contributed by atoms with E-state index in [0.717, 1.165) is 22.8 Å². The zero-order chi connectivity index (χ0) is 12.0. The molecule has 0 amide bonds. The summed E-state index contributed by atoms with van der Waals surface area (Å²) < 4.78 is 0. The molecule has 90 valence electrons. The van der Waals surface area contributed by atoms with E-state index in [9.17, 15) is 4.79 Å². The van der Waals surface area contributed by atoms with E-state index in [2.05, 4.69) is 24.7 Å². The van der Waals surface area contributed by atoms with E-state index in [4.69, 9.17) is 0 Å². The fourth-order valence-electron chi connectivity index (χ4n) is 1.87. The third kappa shape index (κ3) is 3.11. The summed E-state index contributed by atoms with van der Waals surface area (Å²) >= 11 is 5.21. The molecule has 1 aliphatic rings. The topological polar surface area (TPSA) is 17.1 Å². The molecule has 1 nitrogen and oxygen atoms in total. The van der Waals surface area contributed by atoms with E-state index >= 15 is 0 Å². The van der Waals surface area contributed by atoms with Crippen molar-refractivity contribution >= 4 is 41.1 Å². The van der Waals surface area contributed by atoms with Crippen LogP contribution < -0.4 is 0 Å². The maximum absolute atomic E-state index is 12.5. The lowest BCUT2D eigenvalue weighted by atomic mass is 9.80. The molecule has 0 fully saturated rings. The SMILES string of the molecule is CSCC1=CC=CC(CSC)(CSC)C1=O. The Morgan fingerprint density at radius 3 is 2.25 bits per heavy atom. The molecule has 4 heteroatoms. The first-order valence-corrected chi connectivity index (χ1v) is 9.28. The summed E-state index contributed by atoms with van der Waals surface area (Å²) in [6.45, 7) is 0. The van der Waals surface area contributed by atoms with Gasteiger partial charge in [0.05, 0.1) is 5.41 Å². The third-order valence-electron chi connectivity index (χ3n) is 2.56. The Morgan fingerprint density at radius 1 is 1.12 bits per heavy atom. The van der Waals surface area contributed by atoms with Crippen molar-refractivity contribution in [3.63, 3.8) is 0 Å². The van der Waals surface area contributed by atoms with Crippen molar-refractivity contribution in [2.75, 3.05) is 36.0 Å². The lowest BCUT2D eigenvalue weighted by Crippen LogP contribution is -2.37. The summed E-state index contributed by atoms with van der Waals surface area (Å²) in [6.07, 6.45) is 12.3. The monoisotopic (exact) mass is 274 g/mol. The summed E-state index contributed by atoms with van der Waals surface area (Å²) in [7, 11) is 0. The predicted octanol–water partition coefficient (Wildman–Crippen LogP) is 3.13. The highest BCUT2D eigenvalue weighted by molar-refractivity contribution is 7.99. The molecule has 0 atom stereocenters. The van der Waals surface area contributed by atoms with E-state index in [-0.39, 0.29) is 5.41 Å². The van der Waals surface area contributed by atoms with Crippen LogP contribution in [0.15, 0.2) is 23.8 Å². The second kappa shape index (κ2) is 6.82. The van der Waals surface area contributed by atoms with Gasteiger partial charge in [0.1, 0.15) is 0 Å². The van der Waals surface area contributed by atoms with Crippen LogP contribution in [0.5, 0.6) is 0 Å². The smallest absolute Gasteiger partial charge is 0.171 e. The van der Waals surface area contributed by atoms with Crippen molar-refractivity contribution in [3.8, 4) is 0 Å². The van der Waals surface area contributed by atoms with E-state index in [1.54, 1.807) is 35.3 Å². The standard InChI is InChI=1S/C12H18OS3/c1-14-7-10-5-4-6-12(8-15-2,9-16-3)11(10)13/h4-6H,7-9H2,1-3H3. The van der Waals surface area contributed by atoms with Crippen LogP contribution in [-0.2, 0) is 4.79 Å². The quantitative estimate of drug-likeness (QED) is 0.740. The molecule has 0 spiro atoms.